The third-order valence-corrected chi connectivity index (χ3v) is 1.45. The number of pyridine rings is 1. The molecule has 0 saturated heterocycles. The summed E-state index contributed by atoms with van der Waals surface area (Å²) in [6.45, 7) is 0. The van der Waals surface area contributed by atoms with Crippen LogP contribution in [0.5, 0.6) is 0 Å². The molecule has 0 saturated carbocycles. The molecule has 1 heterocycles. The number of carboxylic acid groups (broad SMARTS) is 1. The van der Waals surface area contributed by atoms with Crippen LogP contribution in [0.2, 0.25) is 0 Å². The van der Waals surface area contributed by atoms with Gasteiger partial charge in [-0.25, -0.2) is 4.79 Å². The fraction of sp³-hybridized carbons (Fsp3) is 0. The maximum absolute atomic E-state index is 10.9. The first kappa shape index (κ1) is 9.49. The van der Waals surface area contributed by atoms with Gasteiger partial charge in [-0.1, -0.05) is 6.07 Å². The summed E-state index contributed by atoms with van der Waals surface area (Å²) in [4.78, 5) is 23.3. The zero-order valence-corrected chi connectivity index (χ0v) is 6.39. The van der Waals surface area contributed by atoms with Gasteiger partial charge in [0.15, 0.2) is 0 Å². The van der Waals surface area contributed by atoms with Crippen LogP contribution >= 0.6 is 0 Å². The normalized spacial score (nSPS) is 9.69. The van der Waals surface area contributed by atoms with Gasteiger partial charge < -0.3 is 20.1 Å². The molecular formula is C6H6BNO5. The molecule has 0 fully saturated rings. The number of aromatic amines is 1. The Morgan fingerprint density at radius 3 is 2.38 bits per heavy atom. The van der Waals surface area contributed by atoms with Crippen molar-refractivity contribution in [2.75, 3.05) is 0 Å². The van der Waals surface area contributed by atoms with Gasteiger partial charge in [0.05, 0.1) is 0 Å². The van der Waals surface area contributed by atoms with E-state index in [-0.39, 0.29) is 11.2 Å². The summed E-state index contributed by atoms with van der Waals surface area (Å²) in [7, 11) is -1.90. The molecule has 0 aliphatic carbocycles. The Bertz CT molecular complexity index is 385. The van der Waals surface area contributed by atoms with Crippen LogP contribution in [0.1, 0.15) is 10.5 Å². The second-order valence-corrected chi connectivity index (χ2v) is 2.34. The van der Waals surface area contributed by atoms with Crippen molar-refractivity contribution >= 4 is 18.6 Å². The predicted octanol–water partition coefficient (Wildman–Crippen LogP) is -2.25. The number of H-pyrrole nitrogens is 1. The van der Waals surface area contributed by atoms with Crippen molar-refractivity contribution < 1.29 is 19.9 Å². The molecule has 68 valence electrons. The zero-order chi connectivity index (χ0) is 10.0. The Labute approximate surface area is 72.6 Å². The minimum Gasteiger partial charge on any atom is -0.477 e. The minimum absolute atomic E-state index is 0.287. The number of rotatable bonds is 2. The molecule has 7 heteroatoms. The first-order valence-electron chi connectivity index (χ1n) is 3.35. The van der Waals surface area contributed by atoms with E-state index in [9.17, 15) is 9.59 Å². The van der Waals surface area contributed by atoms with Crippen molar-refractivity contribution in [3.63, 3.8) is 0 Å². The SMILES string of the molecule is O=C(O)c1ccc(B(O)O)c(=O)[nH]1. The van der Waals surface area contributed by atoms with E-state index in [1.54, 1.807) is 0 Å². The highest BCUT2D eigenvalue weighted by molar-refractivity contribution is 6.58. The molecule has 13 heavy (non-hydrogen) atoms. The Hall–Kier alpha value is -1.60. The van der Waals surface area contributed by atoms with E-state index < -0.39 is 18.6 Å². The Kier molecular flexibility index (Phi) is 2.50. The van der Waals surface area contributed by atoms with Crippen LogP contribution in [0.25, 0.3) is 0 Å². The topological polar surface area (TPSA) is 111 Å². The average Bonchev–Trinajstić information content (AvgIpc) is 2.03. The van der Waals surface area contributed by atoms with E-state index in [0.29, 0.717) is 0 Å². The molecule has 0 aliphatic rings. The van der Waals surface area contributed by atoms with E-state index in [1.807, 2.05) is 4.98 Å². The van der Waals surface area contributed by atoms with E-state index in [0.717, 1.165) is 12.1 Å². The fourth-order valence-electron chi connectivity index (χ4n) is 0.813. The number of hydrogen-bond donors (Lipinski definition) is 4. The zero-order valence-electron chi connectivity index (χ0n) is 6.39. The Morgan fingerprint density at radius 1 is 1.38 bits per heavy atom. The molecule has 0 spiro atoms. The number of hydrogen-bond acceptors (Lipinski definition) is 4. The van der Waals surface area contributed by atoms with Crippen molar-refractivity contribution in [2.24, 2.45) is 0 Å². The van der Waals surface area contributed by atoms with Crippen molar-refractivity contribution in [2.45, 2.75) is 0 Å². The molecule has 1 aromatic rings. The van der Waals surface area contributed by atoms with Gasteiger partial charge in [-0.3, -0.25) is 4.79 Å². The molecule has 6 nitrogen and oxygen atoms in total. The lowest BCUT2D eigenvalue weighted by molar-refractivity contribution is 0.0690. The van der Waals surface area contributed by atoms with Crippen molar-refractivity contribution in [1.29, 1.82) is 0 Å². The summed E-state index contributed by atoms with van der Waals surface area (Å²) in [6, 6.07) is 2.13. The number of carbonyl (C=O) groups is 1. The summed E-state index contributed by atoms with van der Waals surface area (Å²) in [6.07, 6.45) is 0. The first-order valence-corrected chi connectivity index (χ1v) is 3.35. The van der Waals surface area contributed by atoms with Crippen LogP contribution < -0.4 is 11.0 Å². The highest BCUT2D eigenvalue weighted by Crippen LogP contribution is 1.87. The van der Waals surface area contributed by atoms with Crippen molar-refractivity contribution in [1.82, 2.24) is 4.98 Å². The molecule has 0 radical (unpaired) electrons. The molecule has 1 aromatic heterocycles. The van der Waals surface area contributed by atoms with Crippen molar-refractivity contribution in [3.05, 3.63) is 28.2 Å². The Morgan fingerprint density at radius 2 is 2.00 bits per heavy atom. The van der Waals surface area contributed by atoms with Gasteiger partial charge in [-0.2, -0.15) is 0 Å². The summed E-state index contributed by atoms with van der Waals surface area (Å²) in [5, 5.41) is 25.7. The molecule has 0 amide bonds. The number of aromatic carboxylic acids is 1. The highest BCUT2D eigenvalue weighted by Gasteiger charge is 2.16. The lowest BCUT2D eigenvalue weighted by Crippen LogP contribution is -2.43. The number of carboxylic acids is 1. The van der Waals surface area contributed by atoms with Gasteiger partial charge in [0.25, 0.3) is 0 Å². The van der Waals surface area contributed by atoms with Crippen LogP contribution in [0.3, 0.4) is 0 Å². The van der Waals surface area contributed by atoms with Gasteiger partial charge in [0.2, 0.25) is 5.56 Å². The van der Waals surface area contributed by atoms with Crippen LogP contribution in [0.15, 0.2) is 16.9 Å². The smallest absolute Gasteiger partial charge is 0.477 e. The number of nitrogens with one attached hydrogen (secondary N) is 1. The van der Waals surface area contributed by atoms with E-state index in [2.05, 4.69) is 0 Å². The van der Waals surface area contributed by atoms with E-state index in [1.165, 1.54) is 0 Å². The van der Waals surface area contributed by atoms with Crippen LogP contribution in [0.4, 0.5) is 0 Å². The largest absolute Gasteiger partial charge is 0.494 e. The van der Waals surface area contributed by atoms with E-state index in [4.69, 9.17) is 15.2 Å². The third-order valence-electron chi connectivity index (χ3n) is 1.45. The highest BCUT2D eigenvalue weighted by atomic mass is 16.4. The molecule has 1 rings (SSSR count). The quantitative estimate of drug-likeness (QED) is 0.387. The molecule has 0 unspecified atom stereocenters. The maximum atomic E-state index is 10.9. The second-order valence-electron chi connectivity index (χ2n) is 2.34. The predicted molar refractivity (Wildman–Crippen MR) is 43.8 cm³/mol. The van der Waals surface area contributed by atoms with Crippen LogP contribution in [0, 0.1) is 0 Å². The van der Waals surface area contributed by atoms with Gasteiger partial charge in [0.1, 0.15) is 5.69 Å². The minimum atomic E-state index is -1.90. The average molecular weight is 183 g/mol. The number of aromatic nitrogens is 1. The molecular weight excluding hydrogens is 177 g/mol. The fourth-order valence-corrected chi connectivity index (χ4v) is 0.813. The summed E-state index contributed by atoms with van der Waals surface area (Å²) in [5.74, 6) is -1.28. The molecule has 0 aliphatic heterocycles. The molecule has 0 atom stereocenters. The standard InChI is InChI=1S/C6H6BNO5/c9-5-3(7(12)13)1-2-4(8-5)6(10)11/h1-2,12-13H,(H,8,9)(H,10,11). The van der Waals surface area contributed by atoms with Gasteiger partial charge in [-0.15, -0.1) is 0 Å². The summed E-state index contributed by atoms with van der Waals surface area (Å²) in [5.41, 5.74) is -1.41. The van der Waals surface area contributed by atoms with E-state index >= 15 is 0 Å². The molecule has 0 aromatic carbocycles. The monoisotopic (exact) mass is 183 g/mol. The maximum Gasteiger partial charge on any atom is 0.494 e. The second kappa shape index (κ2) is 3.42. The third kappa shape index (κ3) is 1.95. The molecule has 0 bridgehead atoms. The summed E-state index contributed by atoms with van der Waals surface area (Å²) >= 11 is 0. The van der Waals surface area contributed by atoms with Crippen LogP contribution in [-0.2, 0) is 0 Å². The van der Waals surface area contributed by atoms with Gasteiger partial charge in [-0.05, 0) is 6.07 Å². The lowest BCUT2D eigenvalue weighted by atomic mass is 9.81. The van der Waals surface area contributed by atoms with Crippen LogP contribution in [-0.4, -0.2) is 33.2 Å². The molecule has 4 N–H and O–H groups in total. The van der Waals surface area contributed by atoms with Gasteiger partial charge >= 0.3 is 13.1 Å². The summed E-state index contributed by atoms with van der Waals surface area (Å²) < 4.78 is 0. The van der Waals surface area contributed by atoms with Crippen molar-refractivity contribution in [3.8, 4) is 0 Å². The lowest BCUT2D eigenvalue weighted by Gasteiger charge is -1.98. The Balaban J connectivity index is 3.21. The first-order chi connectivity index (χ1) is 6.02. The van der Waals surface area contributed by atoms with Gasteiger partial charge in [0, 0.05) is 5.46 Å².